The van der Waals surface area contributed by atoms with Gasteiger partial charge in [-0.05, 0) is 38.5 Å². The van der Waals surface area contributed by atoms with E-state index in [1.54, 1.807) is 0 Å². The molecule has 0 N–H and O–H groups in total. The highest BCUT2D eigenvalue weighted by atomic mass is 16.6. The molecule has 9 nitrogen and oxygen atoms in total. The summed E-state index contributed by atoms with van der Waals surface area (Å²) in [6.45, 7) is 4.03. The molecule has 3 saturated heterocycles. The van der Waals surface area contributed by atoms with Gasteiger partial charge in [0.1, 0.15) is 0 Å². The summed E-state index contributed by atoms with van der Waals surface area (Å²) in [5, 5.41) is 0. The summed E-state index contributed by atoms with van der Waals surface area (Å²) in [5.74, 6) is 0. The molecular weight excluding hydrogens is 570 g/mol. The molecule has 0 radical (unpaired) electrons. The van der Waals surface area contributed by atoms with Crippen LogP contribution in [0.3, 0.4) is 0 Å². The third-order valence-electron chi connectivity index (χ3n) is 9.82. The quantitative estimate of drug-likeness (QED) is 0.0688. The lowest BCUT2D eigenvalue weighted by Gasteiger charge is -2.14. The average Bonchev–Trinajstić information content (AvgIpc) is 3.88. The Bertz CT molecular complexity index is 947. The molecule has 3 atom stereocenters. The minimum atomic E-state index is -0.414. The molecule has 0 spiro atoms. The number of rotatable bonds is 30. The summed E-state index contributed by atoms with van der Waals surface area (Å²) >= 11 is 0. The van der Waals surface area contributed by atoms with Gasteiger partial charge in [0.15, 0.2) is 0 Å². The van der Waals surface area contributed by atoms with Crippen molar-refractivity contribution in [1.29, 1.82) is 0 Å². The monoisotopic (exact) mass is 633 g/mol. The minimum absolute atomic E-state index is 0.398. The standard InChI is InChI=1S/C36H63N3O6/c40-34-37(25-19-13-7-1-4-10-16-22-31-28-43-31)35(41)39(27-21-15-9-3-6-12-18-24-33-30-45-33)36(42)38(34)26-20-14-8-2-5-11-17-23-32-29-44-32/h31-33H,1-30H2. The van der Waals surface area contributed by atoms with Crippen LogP contribution in [0, 0.1) is 0 Å². The molecule has 45 heavy (non-hydrogen) atoms. The first-order valence-electron chi connectivity index (χ1n) is 18.9. The molecule has 0 saturated carbocycles. The number of aromatic nitrogens is 3. The molecule has 0 aliphatic carbocycles. The lowest BCUT2D eigenvalue weighted by Crippen LogP contribution is -2.54. The van der Waals surface area contributed by atoms with Crippen molar-refractivity contribution < 1.29 is 14.2 Å². The van der Waals surface area contributed by atoms with Gasteiger partial charge < -0.3 is 14.2 Å². The van der Waals surface area contributed by atoms with Gasteiger partial charge in [-0.3, -0.25) is 0 Å². The van der Waals surface area contributed by atoms with Gasteiger partial charge in [-0.25, -0.2) is 28.1 Å². The molecule has 0 aromatic carbocycles. The summed E-state index contributed by atoms with van der Waals surface area (Å²) in [6.07, 6.45) is 28.6. The Kier molecular flexibility index (Phi) is 17.0. The molecule has 4 rings (SSSR count). The smallest absolute Gasteiger partial charge is 0.336 e. The summed E-state index contributed by atoms with van der Waals surface area (Å²) in [7, 11) is 0. The van der Waals surface area contributed by atoms with Crippen molar-refractivity contribution in [3.63, 3.8) is 0 Å². The second-order valence-electron chi connectivity index (χ2n) is 14.0. The van der Waals surface area contributed by atoms with E-state index in [2.05, 4.69) is 0 Å². The third-order valence-corrected chi connectivity index (χ3v) is 9.82. The van der Waals surface area contributed by atoms with E-state index in [0.717, 1.165) is 77.6 Å². The van der Waals surface area contributed by atoms with Crippen molar-refractivity contribution in [2.45, 2.75) is 192 Å². The maximum atomic E-state index is 13.4. The molecular formula is C36H63N3O6. The Morgan fingerprint density at radius 1 is 0.356 bits per heavy atom. The van der Waals surface area contributed by atoms with Crippen molar-refractivity contribution in [2.75, 3.05) is 19.8 Å². The van der Waals surface area contributed by atoms with Crippen LogP contribution in [0.15, 0.2) is 14.4 Å². The van der Waals surface area contributed by atoms with Crippen LogP contribution >= 0.6 is 0 Å². The Labute approximate surface area is 271 Å². The summed E-state index contributed by atoms with van der Waals surface area (Å²) in [6, 6.07) is 0. The first-order valence-corrected chi connectivity index (χ1v) is 18.9. The van der Waals surface area contributed by atoms with Gasteiger partial charge >= 0.3 is 17.1 Å². The van der Waals surface area contributed by atoms with E-state index >= 15 is 0 Å². The van der Waals surface area contributed by atoms with Crippen LogP contribution < -0.4 is 17.1 Å². The predicted molar refractivity (Wildman–Crippen MR) is 179 cm³/mol. The van der Waals surface area contributed by atoms with Gasteiger partial charge in [0, 0.05) is 19.6 Å². The largest absolute Gasteiger partial charge is 0.373 e. The van der Waals surface area contributed by atoms with E-state index in [4.69, 9.17) is 14.2 Å². The van der Waals surface area contributed by atoms with Crippen molar-refractivity contribution >= 4 is 0 Å². The van der Waals surface area contributed by atoms with E-state index in [0.29, 0.717) is 37.9 Å². The summed E-state index contributed by atoms with van der Waals surface area (Å²) < 4.78 is 19.9. The highest BCUT2D eigenvalue weighted by Gasteiger charge is 2.22. The first kappa shape index (κ1) is 36.1. The zero-order valence-electron chi connectivity index (χ0n) is 28.2. The number of epoxide rings is 3. The Morgan fingerprint density at radius 2 is 0.556 bits per heavy atom. The minimum Gasteiger partial charge on any atom is -0.373 e. The fourth-order valence-corrected chi connectivity index (χ4v) is 6.54. The molecule has 3 fully saturated rings. The number of hydrogen-bond donors (Lipinski definition) is 0. The Hall–Kier alpha value is -1.71. The van der Waals surface area contributed by atoms with Gasteiger partial charge in [-0.2, -0.15) is 0 Å². The molecule has 3 aliphatic heterocycles. The number of hydrogen-bond acceptors (Lipinski definition) is 6. The zero-order valence-corrected chi connectivity index (χ0v) is 28.2. The van der Waals surface area contributed by atoms with Crippen LogP contribution in [-0.4, -0.2) is 51.8 Å². The van der Waals surface area contributed by atoms with Crippen molar-refractivity contribution in [3.05, 3.63) is 31.5 Å². The topological polar surface area (TPSA) is 104 Å². The van der Waals surface area contributed by atoms with E-state index in [1.165, 1.54) is 110 Å². The lowest BCUT2D eigenvalue weighted by atomic mass is 10.1. The van der Waals surface area contributed by atoms with E-state index in [9.17, 15) is 14.4 Å². The van der Waals surface area contributed by atoms with Crippen LogP contribution in [0.4, 0.5) is 0 Å². The SMILES string of the molecule is O=c1n(CCCCCCCCCC2CO2)c(=O)n(CCCCCCCCCC2CO2)c(=O)n1CCCCCCCCCC1CO1. The Morgan fingerprint density at radius 3 is 0.778 bits per heavy atom. The molecule has 4 heterocycles. The highest BCUT2D eigenvalue weighted by Crippen LogP contribution is 2.20. The maximum absolute atomic E-state index is 13.4. The van der Waals surface area contributed by atoms with Crippen molar-refractivity contribution in [1.82, 2.24) is 13.7 Å². The molecule has 1 aromatic rings. The van der Waals surface area contributed by atoms with Gasteiger partial charge in [0.05, 0.1) is 38.1 Å². The Balaban J connectivity index is 1.19. The van der Waals surface area contributed by atoms with Crippen LogP contribution in [0.1, 0.15) is 154 Å². The van der Waals surface area contributed by atoms with Crippen molar-refractivity contribution in [2.24, 2.45) is 0 Å². The van der Waals surface area contributed by atoms with Gasteiger partial charge in [0.25, 0.3) is 0 Å². The third kappa shape index (κ3) is 15.2. The van der Waals surface area contributed by atoms with Gasteiger partial charge in [-0.1, -0.05) is 116 Å². The second kappa shape index (κ2) is 21.2. The van der Waals surface area contributed by atoms with E-state index in [1.807, 2.05) is 0 Å². The van der Waals surface area contributed by atoms with Gasteiger partial charge in [0.2, 0.25) is 0 Å². The van der Waals surface area contributed by atoms with Gasteiger partial charge in [-0.15, -0.1) is 0 Å². The number of ether oxygens (including phenoxy) is 3. The first-order chi connectivity index (χ1) is 22.1. The predicted octanol–water partition coefficient (Wildman–Crippen LogP) is 6.73. The molecule has 9 heteroatoms. The molecule has 3 aliphatic rings. The van der Waals surface area contributed by atoms with Crippen LogP contribution in [0.2, 0.25) is 0 Å². The molecule has 0 bridgehead atoms. The summed E-state index contributed by atoms with van der Waals surface area (Å²) in [5.41, 5.74) is -1.24. The molecule has 258 valence electrons. The van der Waals surface area contributed by atoms with Crippen molar-refractivity contribution in [3.8, 4) is 0 Å². The average molecular weight is 634 g/mol. The summed E-state index contributed by atoms with van der Waals surface area (Å²) in [4.78, 5) is 40.2. The fourth-order valence-electron chi connectivity index (χ4n) is 6.54. The normalized spacial score (nSPS) is 20.1. The lowest BCUT2D eigenvalue weighted by molar-refractivity contribution is 0.386. The molecule has 1 aromatic heterocycles. The van der Waals surface area contributed by atoms with E-state index in [-0.39, 0.29) is 0 Å². The van der Waals surface area contributed by atoms with Crippen LogP contribution in [0.5, 0.6) is 0 Å². The highest BCUT2D eigenvalue weighted by molar-refractivity contribution is 4.80. The fraction of sp³-hybridized carbons (Fsp3) is 0.917. The van der Waals surface area contributed by atoms with Crippen LogP contribution in [0.25, 0.3) is 0 Å². The number of unbranched alkanes of at least 4 members (excludes halogenated alkanes) is 18. The molecule has 3 unspecified atom stereocenters. The molecule has 0 amide bonds. The zero-order chi connectivity index (χ0) is 31.5. The second-order valence-corrected chi connectivity index (χ2v) is 14.0. The number of nitrogens with zero attached hydrogens (tertiary/aromatic N) is 3. The van der Waals surface area contributed by atoms with Crippen LogP contribution in [-0.2, 0) is 33.8 Å². The maximum Gasteiger partial charge on any atom is 0.336 e. The van der Waals surface area contributed by atoms with E-state index < -0.39 is 17.1 Å².